The van der Waals surface area contributed by atoms with Crippen LogP contribution in [0.25, 0.3) is 0 Å². The SMILES string of the molecule is Cc1nc([C@@H](C)NC(=O)C2(c3cccc(F)c3)CCC2)no1. The van der Waals surface area contributed by atoms with Crippen molar-refractivity contribution >= 4 is 5.91 Å². The Balaban J connectivity index is 1.80. The topological polar surface area (TPSA) is 68.0 Å². The Morgan fingerprint density at radius 2 is 2.23 bits per heavy atom. The summed E-state index contributed by atoms with van der Waals surface area (Å²) in [6, 6.07) is 5.94. The molecule has 1 amide bonds. The van der Waals surface area contributed by atoms with E-state index >= 15 is 0 Å². The average molecular weight is 303 g/mol. The Bertz CT molecular complexity index is 694. The van der Waals surface area contributed by atoms with Gasteiger partial charge in [-0.3, -0.25) is 4.79 Å². The number of halogens is 1. The molecule has 0 aliphatic heterocycles. The molecular weight excluding hydrogens is 285 g/mol. The molecule has 0 radical (unpaired) electrons. The van der Waals surface area contributed by atoms with E-state index in [4.69, 9.17) is 4.52 Å². The molecule has 1 N–H and O–H groups in total. The Labute approximate surface area is 127 Å². The van der Waals surface area contributed by atoms with Crippen molar-refractivity contribution in [3.05, 3.63) is 47.4 Å². The quantitative estimate of drug-likeness (QED) is 0.943. The van der Waals surface area contributed by atoms with Crippen molar-refractivity contribution in [2.75, 3.05) is 0 Å². The van der Waals surface area contributed by atoms with Crippen LogP contribution in [0.4, 0.5) is 4.39 Å². The molecular formula is C16H18FN3O2. The van der Waals surface area contributed by atoms with Gasteiger partial charge in [-0.15, -0.1) is 0 Å². The molecule has 1 atom stereocenters. The van der Waals surface area contributed by atoms with Crippen molar-refractivity contribution in [1.82, 2.24) is 15.5 Å². The van der Waals surface area contributed by atoms with Crippen LogP contribution in [0.15, 0.2) is 28.8 Å². The molecule has 116 valence electrons. The van der Waals surface area contributed by atoms with Crippen LogP contribution in [0.5, 0.6) is 0 Å². The summed E-state index contributed by atoms with van der Waals surface area (Å²) in [5.74, 6) is 0.469. The van der Waals surface area contributed by atoms with E-state index < -0.39 is 5.41 Å². The fraction of sp³-hybridized carbons (Fsp3) is 0.438. The second kappa shape index (κ2) is 5.51. The van der Waals surface area contributed by atoms with Crippen LogP contribution in [0.2, 0.25) is 0 Å². The molecule has 22 heavy (non-hydrogen) atoms. The van der Waals surface area contributed by atoms with Gasteiger partial charge in [0.25, 0.3) is 0 Å². The first-order valence-corrected chi connectivity index (χ1v) is 7.38. The second-order valence-corrected chi connectivity index (χ2v) is 5.81. The van der Waals surface area contributed by atoms with Crippen LogP contribution < -0.4 is 5.32 Å². The Kier molecular flexibility index (Phi) is 3.68. The second-order valence-electron chi connectivity index (χ2n) is 5.81. The number of amides is 1. The van der Waals surface area contributed by atoms with Gasteiger partial charge in [0, 0.05) is 6.92 Å². The summed E-state index contributed by atoms with van der Waals surface area (Å²) >= 11 is 0. The van der Waals surface area contributed by atoms with Crippen molar-refractivity contribution in [2.24, 2.45) is 0 Å². The fourth-order valence-corrected chi connectivity index (χ4v) is 2.85. The van der Waals surface area contributed by atoms with Crippen LogP contribution in [-0.4, -0.2) is 16.0 Å². The summed E-state index contributed by atoms with van der Waals surface area (Å²) in [4.78, 5) is 16.9. The highest BCUT2D eigenvalue weighted by Gasteiger charge is 2.46. The van der Waals surface area contributed by atoms with Gasteiger partial charge >= 0.3 is 0 Å². The largest absolute Gasteiger partial charge is 0.345 e. The lowest BCUT2D eigenvalue weighted by Crippen LogP contribution is -2.49. The number of aryl methyl sites for hydroxylation is 1. The molecule has 2 aromatic rings. The number of rotatable bonds is 4. The Hall–Kier alpha value is -2.24. The highest BCUT2D eigenvalue weighted by Crippen LogP contribution is 2.44. The molecule has 1 aromatic heterocycles. The zero-order valence-electron chi connectivity index (χ0n) is 12.6. The average Bonchev–Trinajstić information content (AvgIpc) is 2.84. The lowest BCUT2D eigenvalue weighted by Gasteiger charge is -2.41. The third kappa shape index (κ3) is 2.49. The molecule has 6 heteroatoms. The molecule has 0 saturated heterocycles. The van der Waals surface area contributed by atoms with Crippen LogP contribution in [-0.2, 0) is 10.2 Å². The van der Waals surface area contributed by atoms with Gasteiger partial charge in [-0.2, -0.15) is 4.98 Å². The molecule has 5 nitrogen and oxygen atoms in total. The summed E-state index contributed by atoms with van der Waals surface area (Å²) in [6.45, 7) is 3.51. The minimum Gasteiger partial charge on any atom is -0.345 e. The number of nitrogens with one attached hydrogen (secondary N) is 1. The predicted molar refractivity (Wildman–Crippen MR) is 77.5 cm³/mol. The van der Waals surface area contributed by atoms with Crippen LogP contribution in [0.1, 0.15) is 49.5 Å². The van der Waals surface area contributed by atoms with Gasteiger partial charge in [0.1, 0.15) is 5.82 Å². The van der Waals surface area contributed by atoms with Crippen molar-refractivity contribution in [1.29, 1.82) is 0 Å². The van der Waals surface area contributed by atoms with Crippen molar-refractivity contribution in [3.8, 4) is 0 Å². The first kappa shape index (κ1) is 14.7. The smallest absolute Gasteiger partial charge is 0.231 e. The van der Waals surface area contributed by atoms with Crippen molar-refractivity contribution in [2.45, 2.75) is 44.6 Å². The van der Waals surface area contributed by atoms with E-state index in [1.165, 1.54) is 12.1 Å². The standard InChI is InChI=1S/C16H18FN3O2/c1-10(14-19-11(2)22-20-14)18-15(21)16(7-4-8-16)12-5-3-6-13(17)9-12/h3,5-6,9-10H,4,7-8H2,1-2H3,(H,18,21)/t10-/m1/s1. The highest BCUT2D eigenvalue weighted by atomic mass is 19.1. The lowest BCUT2D eigenvalue weighted by atomic mass is 9.63. The predicted octanol–water partition coefficient (Wildman–Crippen LogP) is 2.82. The van der Waals surface area contributed by atoms with Gasteiger partial charge in [0.2, 0.25) is 11.8 Å². The van der Waals surface area contributed by atoms with Gasteiger partial charge in [-0.25, -0.2) is 4.39 Å². The van der Waals surface area contributed by atoms with Gasteiger partial charge < -0.3 is 9.84 Å². The minimum absolute atomic E-state index is 0.112. The zero-order valence-corrected chi connectivity index (χ0v) is 12.6. The summed E-state index contributed by atoms with van der Waals surface area (Å²) in [5.41, 5.74) is 0.0857. The summed E-state index contributed by atoms with van der Waals surface area (Å²) in [7, 11) is 0. The Morgan fingerprint density at radius 3 is 2.77 bits per heavy atom. The normalized spacial score (nSPS) is 17.6. The summed E-state index contributed by atoms with van der Waals surface area (Å²) < 4.78 is 18.4. The monoisotopic (exact) mass is 303 g/mol. The maximum absolute atomic E-state index is 13.5. The lowest BCUT2D eigenvalue weighted by molar-refractivity contribution is -0.130. The highest BCUT2D eigenvalue weighted by molar-refractivity contribution is 5.89. The van der Waals surface area contributed by atoms with E-state index in [9.17, 15) is 9.18 Å². The maximum Gasteiger partial charge on any atom is 0.231 e. The van der Waals surface area contributed by atoms with Crippen LogP contribution in [0, 0.1) is 12.7 Å². The van der Waals surface area contributed by atoms with E-state index in [1.807, 2.05) is 6.07 Å². The zero-order chi connectivity index (χ0) is 15.7. The molecule has 0 spiro atoms. The number of hydrogen-bond donors (Lipinski definition) is 1. The molecule has 0 unspecified atom stereocenters. The molecule has 1 aliphatic rings. The van der Waals surface area contributed by atoms with Gasteiger partial charge in [0.05, 0.1) is 11.5 Å². The first-order valence-electron chi connectivity index (χ1n) is 7.38. The van der Waals surface area contributed by atoms with E-state index in [1.54, 1.807) is 19.9 Å². The first-order chi connectivity index (χ1) is 10.5. The van der Waals surface area contributed by atoms with E-state index in [2.05, 4.69) is 15.5 Å². The van der Waals surface area contributed by atoms with Gasteiger partial charge in [0.15, 0.2) is 5.82 Å². The third-order valence-corrected chi connectivity index (χ3v) is 4.30. The van der Waals surface area contributed by atoms with Crippen molar-refractivity contribution < 1.29 is 13.7 Å². The number of carbonyl (C=O) groups is 1. The molecule has 1 fully saturated rings. The Morgan fingerprint density at radius 1 is 1.45 bits per heavy atom. The molecule has 1 aliphatic carbocycles. The number of benzene rings is 1. The fourth-order valence-electron chi connectivity index (χ4n) is 2.85. The van der Waals surface area contributed by atoms with Gasteiger partial charge in [-0.05, 0) is 37.5 Å². The number of aromatic nitrogens is 2. The summed E-state index contributed by atoms with van der Waals surface area (Å²) in [6.07, 6.45) is 2.40. The van der Waals surface area contributed by atoms with Crippen LogP contribution in [0.3, 0.4) is 0 Å². The summed E-state index contributed by atoms with van der Waals surface area (Å²) in [5, 5.41) is 6.74. The molecule has 3 rings (SSSR count). The number of hydrogen-bond acceptors (Lipinski definition) is 4. The number of nitrogens with zero attached hydrogens (tertiary/aromatic N) is 2. The van der Waals surface area contributed by atoms with Crippen molar-refractivity contribution in [3.63, 3.8) is 0 Å². The van der Waals surface area contributed by atoms with E-state index in [-0.39, 0.29) is 17.8 Å². The molecule has 0 bridgehead atoms. The molecule has 1 saturated carbocycles. The molecule has 1 aromatic carbocycles. The van der Waals surface area contributed by atoms with E-state index in [0.717, 1.165) is 24.8 Å². The third-order valence-electron chi connectivity index (χ3n) is 4.30. The molecule has 1 heterocycles. The van der Waals surface area contributed by atoms with Crippen LogP contribution >= 0.6 is 0 Å². The number of carbonyl (C=O) groups excluding carboxylic acids is 1. The maximum atomic E-state index is 13.5. The van der Waals surface area contributed by atoms with Gasteiger partial charge in [-0.1, -0.05) is 23.7 Å². The minimum atomic E-state index is -0.644. The van der Waals surface area contributed by atoms with E-state index in [0.29, 0.717) is 11.7 Å².